The molecule has 1 aromatic heterocycles. The van der Waals surface area contributed by atoms with Gasteiger partial charge in [-0.3, -0.25) is 0 Å². The normalized spacial score (nSPS) is 17.2. The van der Waals surface area contributed by atoms with Gasteiger partial charge in [0.1, 0.15) is 5.76 Å². The average molecular weight is 265 g/mol. The largest absolute Gasteiger partial charge is 0.468 e. The van der Waals surface area contributed by atoms with E-state index in [1.807, 2.05) is 6.07 Å². The molecule has 0 unspecified atom stereocenters. The molecule has 1 N–H and O–H groups in total. The van der Waals surface area contributed by atoms with Crippen molar-refractivity contribution in [1.82, 2.24) is 5.32 Å². The van der Waals surface area contributed by atoms with Gasteiger partial charge in [-0.25, -0.2) is 0 Å². The summed E-state index contributed by atoms with van der Waals surface area (Å²) in [5.74, 6) is 1.78. The van der Waals surface area contributed by atoms with Crippen LogP contribution in [0.3, 0.4) is 0 Å². The molecule has 1 fully saturated rings. The van der Waals surface area contributed by atoms with Crippen LogP contribution in [0.1, 0.15) is 57.8 Å². The van der Waals surface area contributed by atoms with Crippen molar-refractivity contribution < 1.29 is 9.15 Å². The lowest BCUT2D eigenvalue weighted by Crippen LogP contribution is -2.35. The molecule has 1 heterocycles. The molecule has 1 saturated carbocycles. The minimum Gasteiger partial charge on any atom is -0.468 e. The molecule has 1 aliphatic carbocycles. The first-order chi connectivity index (χ1) is 9.04. The maximum atomic E-state index is 5.85. The first-order valence-corrected chi connectivity index (χ1v) is 7.42. The van der Waals surface area contributed by atoms with Crippen molar-refractivity contribution >= 4 is 0 Å². The van der Waals surface area contributed by atoms with Gasteiger partial charge in [-0.15, -0.1) is 0 Å². The van der Waals surface area contributed by atoms with Crippen molar-refractivity contribution in [3.63, 3.8) is 0 Å². The Kier molecular flexibility index (Phi) is 5.06. The van der Waals surface area contributed by atoms with Gasteiger partial charge in [-0.1, -0.05) is 12.8 Å². The molecule has 1 aliphatic rings. The standard InChI is InChI=1S/C16H27NO2/c1-16(2,3)17-10-15-14(8-9-19-15)12-18-11-13-6-4-5-7-13/h8-9,13,17H,4-7,10-12H2,1-3H3. The summed E-state index contributed by atoms with van der Waals surface area (Å²) >= 11 is 0. The van der Waals surface area contributed by atoms with E-state index in [9.17, 15) is 0 Å². The summed E-state index contributed by atoms with van der Waals surface area (Å²) < 4.78 is 11.4. The molecule has 0 aromatic carbocycles. The highest BCUT2D eigenvalue weighted by atomic mass is 16.5. The highest BCUT2D eigenvalue weighted by Crippen LogP contribution is 2.25. The first-order valence-electron chi connectivity index (χ1n) is 7.42. The van der Waals surface area contributed by atoms with Crippen LogP contribution in [0.4, 0.5) is 0 Å². The molecule has 3 heteroatoms. The second-order valence-electron chi connectivity index (χ2n) is 6.64. The summed E-state index contributed by atoms with van der Waals surface area (Å²) in [6.45, 7) is 8.81. The smallest absolute Gasteiger partial charge is 0.123 e. The summed E-state index contributed by atoms with van der Waals surface area (Å²) in [6.07, 6.45) is 7.18. The SMILES string of the molecule is CC(C)(C)NCc1occc1COCC1CCCC1. The van der Waals surface area contributed by atoms with E-state index in [0.29, 0.717) is 6.61 Å². The lowest BCUT2D eigenvalue weighted by atomic mass is 10.1. The third-order valence-electron chi connectivity index (χ3n) is 3.70. The molecule has 0 spiro atoms. The second kappa shape index (κ2) is 6.58. The third-order valence-corrected chi connectivity index (χ3v) is 3.70. The monoisotopic (exact) mass is 265 g/mol. The van der Waals surface area contributed by atoms with E-state index in [1.165, 1.54) is 31.2 Å². The molecule has 2 rings (SSSR count). The van der Waals surface area contributed by atoms with Gasteiger partial charge in [0.05, 0.1) is 19.4 Å². The van der Waals surface area contributed by atoms with Gasteiger partial charge in [0.2, 0.25) is 0 Å². The number of furan rings is 1. The van der Waals surface area contributed by atoms with Gasteiger partial charge in [-0.05, 0) is 45.6 Å². The van der Waals surface area contributed by atoms with Crippen molar-refractivity contribution in [1.29, 1.82) is 0 Å². The Morgan fingerprint density at radius 2 is 2.05 bits per heavy atom. The van der Waals surface area contributed by atoms with Crippen molar-refractivity contribution in [2.45, 2.75) is 65.1 Å². The molecule has 1 aromatic rings. The molecule has 0 aliphatic heterocycles. The summed E-state index contributed by atoms with van der Waals surface area (Å²) in [5, 5.41) is 3.45. The summed E-state index contributed by atoms with van der Waals surface area (Å²) in [5.41, 5.74) is 1.28. The highest BCUT2D eigenvalue weighted by molar-refractivity contribution is 5.16. The van der Waals surface area contributed by atoms with Gasteiger partial charge >= 0.3 is 0 Å². The molecule has 0 saturated heterocycles. The number of hydrogen-bond donors (Lipinski definition) is 1. The molecule has 3 nitrogen and oxygen atoms in total. The fourth-order valence-electron chi connectivity index (χ4n) is 2.51. The lowest BCUT2D eigenvalue weighted by molar-refractivity contribution is 0.0877. The van der Waals surface area contributed by atoms with Gasteiger partial charge < -0.3 is 14.5 Å². The van der Waals surface area contributed by atoms with E-state index in [4.69, 9.17) is 9.15 Å². The van der Waals surface area contributed by atoms with Crippen LogP contribution in [-0.4, -0.2) is 12.1 Å². The minimum absolute atomic E-state index is 0.106. The zero-order valence-electron chi connectivity index (χ0n) is 12.5. The Hall–Kier alpha value is -0.800. The van der Waals surface area contributed by atoms with E-state index in [-0.39, 0.29) is 5.54 Å². The predicted molar refractivity (Wildman–Crippen MR) is 76.9 cm³/mol. The Labute approximate surface area is 116 Å². The number of ether oxygens (including phenoxy) is 1. The summed E-state index contributed by atoms with van der Waals surface area (Å²) in [7, 11) is 0. The zero-order chi connectivity index (χ0) is 13.7. The van der Waals surface area contributed by atoms with Crippen molar-refractivity contribution in [2.75, 3.05) is 6.61 Å². The van der Waals surface area contributed by atoms with Crippen LogP contribution in [0.15, 0.2) is 16.7 Å². The Balaban J connectivity index is 1.75. The fraction of sp³-hybridized carbons (Fsp3) is 0.750. The number of nitrogens with one attached hydrogen (secondary N) is 1. The average Bonchev–Trinajstić information content (AvgIpc) is 2.96. The quantitative estimate of drug-likeness (QED) is 0.847. The lowest BCUT2D eigenvalue weighted by Gasteiger charge is -2.20. The molecule has 0 bridgehead atoms. The highest BCUT2D eigenvalue weighted by Gasteiger charge is 2.16. The van der Waals surface area contributed by atoms with E-state index in [1.54, 1.807) is 6.26 Å². The Bertz CT molecular complexity index is 372. The topological polar surface area (TPSA) is 34.4 Å². The summed E-state index contributed by atoms with van der Waals surface area (Å²) in [6, 6.07) is 2.02. The Morgan fingerprint density at radius 1 is 1.32 bits per heavy atom. The second-order valence-corrected chi connectivity index (χ2v) is 6.64. The fourth-order valence-corrected chi connectivity index (χ4v) is 2.51. The molecule has 0 radical (unpaired) electrons. The maximum Gasteiger partial charge on any atom is 0.123 e. The molecular formula is C16H27NO2. The van der Waals surface area contributed by atoms with Crippen LogP contribution in [0.25, 0.3) is 0 Å². The number of rotatable bonds is 6. The van der Waals surface area contributed by atoms with E-state index >= 15 is 0 Å². The van der Waals surface area contributed by atoms with Gasteiger partial charge in [0, 0.05) is 17.7 Å². The molecule has 0 amide bonds. The van der Waals surface area contributed by atoms with Crippen LogP contribution in [0.2, 0.25) is 0 Å². The van der Waals surface area contributed by atoms with Crippen molar-refractivity contribution in [2.24, 2.45) is 5.92 Å². The molecule has 108 valence electrons. The van der Waals surface area contributed by atoms with E-state index < -0.39 is 0 Å². The van der Waals surface area contributed by atoms with Crippen LogP contribution in [-0.2, 0) is 17.9 Å². The van der Waals surface area contributed by atoms with Crippen LogP contribution in [0.5, 0.6) is 0 Å². The minimum atomic E-state index is 0.106. The summed E-state index contributed by atoms with van der Waals surface area (Å²) in [4.78, 5) is 0. The maximum absolute atomic E-state index is 5.85. The Morgan fingerprint density at radius 3 is 2.74 bits per heavy atom. The molecule has 0 atom stereocenters. The van der Waals surface area contributed by atoms with Crippen LogP contribution >= 0.6 is 0 Å². The van der Waals surface area contributed by atoms with Gasteiger partial charge in [-0.2, -0.15) is 0 Å². The van der Waals surface area contributed by atoms with Gasteiger partial charge in [0.15, 0.2) is 0 Å². The van der Waals surface area contributed by atoms with E-state index in [0.717, 1.165) is 24.8 Å². The molecule has 19 heavy (non-hydrogen) atoms. The molecular weight excluding hydrogens is 238 g/mol. The van der Waals surface area contributed by atoms with Crippen LogP contribution in [0, 0.1) is 5.92 Å². The van der Waals surface area contributed by atoms with Crippen LogP contribution < -0.4 is 5.32 Å². The van der Waals surface area contributed by atoms with Crippen molar-refractivity contribution in [3.8, 4) is 0 Å². The van der Waals surface area contributed by atoms with Crippen molar-refractivity contribution in [3.05, 3.63) is 23.7 Å². The van der Waals surface area contributed by atoms with E-state index in [2.05, 4.69) is 26.1 Å². The first kappa shape index (κ1) is 14.6. The van der Waals surface area contributed by atoms with Gasteiger partial charge in [0.25, 0.3) is 0 Å². The predicted octanol–water partition coefficient (Wildman–Crippen LogP) is 3.87. The zero-order valence-corrected chi connectivity index (χ0v) is 12.5. The number of hydrogen-bond acceptors (Lipinski definition) is 3. The third kappa shape index (κ3) is 5.00.